The van der Waals surface area contributed by atoms with E-state index in [0.717, 1.165) is 38.5 Å². The minimum Gasteiger partial charge on any atom is -0.287 e. The molecule has 0 aromatic heterocycles. The topological polar surface area (TPSA) is 86.7 Å². The van der Waals surface area contributed by atoms with Crippen LogP contribution in [-0.4, -0.2) is 23.5 Å². The lowest BCUT2D eigenvalue weighted by Gasteiger charge is -2.03. The molecular weight excluding hydrogens is 384 g/mol. The quantitative estimate of drug-likeness (QED) is 0.0998. The first-order chi connectivity index (χ1) is 14.5. The van der Waals surface area contributed by atoms with E-state index in [1.807, 2.05) is 0 Å². The van der Waals surface area contributed by atoms with Crippen LogP contribution in [-0.2, 0) is 29.0 Å². The Balaban J connectivity index is 3.69. The molecule has 0 bridgehead atoms. The summed E-state index contributed by atoms with van der Waals surface area (Å²) in [5.41, 5.74) is 0. The first-order valence-electron chi connectivity index (χ1n) is 12.0. The molecule has 0 aliphatic heterocycles. The van der Waals surface area contributed by atoms with Gasteiger partial charge >= 0.3 is 11.9 Å². The largest absolute Gasteiger partial charge is 0.421 e. The molecule has 0 fully saturated rings. The molecule has 0 rings (SSSR count). The molecule has 0 spiro atoms. The number of Topliss-reactive ketones (excluding diaryl/α,β-unsaturated/α-hetero) is 2. The standard InChI is InChI=1S/C24H42O6/c1-3-5-7-9-11-13-15-17-19-21(25)23(27)29-30-24(28)22(26)20-18-16-14-12-10-8-6-4-2/h3-20H2,1-2H3. The van der Waals surface area contributed by atoms with Crippen LogP contribution in [0.2, 0.25) is 0 Å². The van der Waals surface area contributed by atoms with Gasteiger partial charge in [-0.25, -0.2) is 19.4 Å². The molecule has 0 N–H and O–H groups in total. The fourth-order valence-electron chi connectivity index (χ4n) is 3.21. The van der Waals surface area contributed by atoms with Crippen molar-refractivity contribution < 1.29 is 29.0 Å². The predicted octanol–water partition coefficient (Wildman–Crippen LogP) is 6.19. The molecule has 0 aliphatic carbocycles. The number of unbranched alkanes of at least 4 members (excludes halogenated alkanes) is 14. The van der Waals surface area contributed by atoms with Crippen LogP contribution in [0.3, 0.4) is 0 Å². The monoisotopic (exact) mass is 426 g/mol. The zero-order valence-corrected chi connectivity index (χ0v) is 19.2. The van der Waals surface area contributed by atoms with E-state index in [1.165, 1.54) is 51.4 Å². The molecule has 0 aliphatic rings. The number of ketones is 2. The van der Waals surface area contributed by atoms with Crippen LogP contribution in [0.25, 0.3) is 0 Å². The van der Waals surface area contributed by atoms with Crippen LogP contribution in [0.15, 0.2) is 0 Å². The summed E-state index contributed by atoms with van der Waals surface area (Å²) in [6.45, 7) is 4.35. The van der Waals surface area contributed by atoms with E-state index in [4.69, 9.17) is 0 Å². The third-order valence-electron chi connectivity index (χ3n) is 5.16. The highest BCUT2D eigenvalue weighted by Crippen LogP contribution is 2.11. The van der Waals surface area contributed by atoms with Crippen LogP contribution in [0.4, 0.5) is 0 Å². The second-order valence-corrected chi connectivity index (χ2v) is 8.04. The first kappa shape index (κ1) is 28.3. The summed E-state index contributed by atoms with van der Waals surface area (Å²) in [6.07, 6.45) is 17.3. The molecule has 0 unspecified atom stereocenters. The number of hydrogen-bond acceptors (Lipinski definition) is 6. The van der Waals surface area contributed by atoms with Crippen LogP contribution >= 0.6 is 0 Å². The summed E-state index contributed by atoms with van der Waals surface area (Å²) in [5, 5.41) is 0. The summed E-state index contributed by atoms with van der Waals surface area (Å²) in [7, 11) is 0. The van der Waals surface area contributed by atoms with Gasteiger partial charge in [0.05, 0.1) is 0 Å². The fraction of sp³-hybridized carbons (Fsp3) is 0.833. The Labute approximate surface area is 182 Å². The minimum absolute atomic E-state index is 0.0670. The van der Waals surface area contributed by atoms with E-state index < -0.39 is 23.5 Å². The number of carbonyl (C=O) groups excluding carboxylic acids is 4. The molecule has 6 heteroatoms. The summed E-state index contributed by atoms with van der Waals surface area (Å²) in [5.74, 6) is -3.90. The van der Waals surface area contributed by atoms with E-state index in [9.17, 15) is 19.2 Å². The van der Waals surface area contributed by atoms with Crippen molar-refractivity contribution in [3.8, 4) is 0 Å². The van der Waals surface area contributed by atoms with E-state index in [2.05, 4.69) is 23.6 Å². The maximum atomic E-state index is 11.7. The van der Waals surface area contributed by atoms with Gasteiger partial charge in [0.15, 0.2) is 0 Å². The zero-order chi connectivity index (χ0) is 22.5. The van der Waals surface area contributed by atoms with Gasteiger partial charge in [0.1, 0.15) is 0 Å². The van der Waals surface area contributed by atoms with E-state index in [-0.39, 0.29) is 12.8 Å². The number of carbonyl (C=O) groups is 4. The van der Waals surface area contributed by atoms with E-state index in [0.29, 0.717) is 12.8 Å². The van der Waals surface area contributed by atoms with Crippen molar-refractivity contribution in [3.63, 3.8) is 0 Å². The molecule has 0 atom stereocenters. The third-order valence-corrected chi connectivity index (χ3v) is 5.16. The van der Waals surface area contributed by atoms with Crippen molar-refractivity contribution in [2.45, 2.75) is 129 Å². The fourth-order valence-corrected chi connectivity index (χ4v) is 3.21. The SMILES string of the molecule is CCCCCCCCCCC(=O)C(=O)OOC(=O)C(=O)CCCCCCCCCC. The normalized spacial score (nSPS) is 10.6. The first-order valence-corrected chi connectivity index (χ1v) is 12.0. The molecule has 0 aromatic rings. The molecule has 0 radical (unpaired) electrons. The van der Waals surface area contributed by atoms with Crippen molar-refractivity contribution >= 4 is 23.5 Å². The van der Waals surface area contributed by atoms with Crippen LogP contribution in [0.5, 0.6) is 0 Å². The average molecular weight is 427 g/mol. The summed E-state index contributed by atoms with van der Waals surface area (Å²) in [4.78, 5) is 54.9. The third kappa shape index (κ3) is 17.2. The molecule has 0 aromatic carbocycles. The maximum Gasteiger partial charge on any atom is 0.421 e. The minimum atomic E-state index is -1.22. The maximum absolute atomic E-state index is 11.7. The van der Waals surface area contributed by atoms with Gasteiger partial charge in [-0.1, -0.05) is 104 Å². The molecular formula is C24H42O6. The van der Waals surface area contributed by atoms with Crippen molar-refractivity contribution in [2.24, 2.45) is 0 Å². The molecule has 0 saturated carbocycles. The molecule has 174 valence electrons. The second kappa shape index (κ2) is 20.5. The van der Waals surface area contributed by atoms with Gasteiger partial charge in [0.25, 0.3) is 0 Å². The molecule has 0 heterocycles. The Kier molecular flexibility index (Phi) is 19.4. The van der Waals surface area contributed by atoms with Gasteiger partial charge < -0.3 is 0 Å². The van der Waals surface area contributed by atoms with E-state index in [1.54, 1.807) is 0 Å². The summed E-state index contributed by atoms with van der Waals surface area (Å²) >= 11 is 0. The number of rotatable bonds is 20. The van der Waals surface area contributed by atoms with Gasteiger partial charge in [-0.2, -0.15) is 0 Å². The lowest BCUT2D eigenvalue weighted by Crippen LogP contribution is -2.23. The highest BCUT2D eigenvalue weighted by Gasteiger charge is 2.22. The van der Waals surface area contributed by atoms with Crippen LogP contribution in [0.1, 0.15) is 129 Å². The van der Waals surface area contributed by atoms with Crippen LogP contribution in [0, 0.1) is 0 Å². The van der Waals surface area contributed by atoms with Gasteiger partial charge in [0.2, 0.25) is 11.6 Å². The molecule has 0 saturated heterocycles. The highest BCUT2D eigenvalue weighted by molar-refractivity contribution is 6.35. The zero-order valence-electron chi connectivity index (χ0n) is 19.2. The van der Waals surface area contributed by atoms with Crippen molar-refractivity contribution in [1.29, 1.82) is 0 Å². The molecule has 30 heavy (non-hydrogen) atoms. The summed E-state index contributed by atoms with van der Waals surface area (Å²) < 4.78 is 0. The van der Waals surface area contributed by atoms with Gasteiger partial charge in [-0.15, -0.1) is 0 Å². The van der Waals surface area contributed by atoms with Crippen molar-refractivity contribution in [1.82, 2.24) is 0 Å². The van der Waals surface area contributed by atoms with E-state index >= 15 is 0 Å². The number of hydrogen-bond donors (Lipinski definition) is 0. The van der Waals surface area contributed by atoms with Crippen molar-refractivity contribution in [2.75, 3.05) is 0 Å². The molecule has 6 nitrogen and oxygen atoms in total. The Morgan fingerprint density at radius 3 is 1.00 bits per heavy atom. The Bertz CT molecular complexity index is 442. The molecule has 0 amide bonds. The lowest BCUT2D eigenvalue weighted by molar-refractivity contribution is -0.254. The van der Waals surface area contributed by atoms with Crippen LogP contribution < -0.4 is 0 Å². The second-order valence-electron chi connectivity index (χ2n) is 8.04. The van der Waals surface area contributed by atoms with Crippen molar-refractivity contribution in [3.05, 3.63) is 0 Å². The summed E-state index contributed by atoms with van der Waals surface area (Å²) in [6, 6.07) is 0. The lowest BCUT2D eigenvalue weighted by atomic mass is 10.1. The van der Waals surface area contributed by atoms with Gasteiger partial charge in [-0.3, -0.25) is 9.59 Å². The van der Waals surface area contributed by atoms with Gasteiger partial charge in [0, 0.05) is 12.8 Å². The Hall–Kier alpha value is -1.72. The predicted molar refractivity (Wildman–Crippen MR) is 117 cm³/mol. The smallest absolute Gasteiger partial charge is 0.287 e. The Morgan fingerprint density at radius 2 is 0.700 bits per heavy atom. The average Bonchev–Trinajstić information content (AvgIpc) is 2.75. The van der Waals surface area contributed by atoms with Gasteiger partial charge in [-0.05, 0) is 12.8 Å². The highest BCUT2D eigenvalue weighted by atomic mass is 17.2. The Morgan fingerprint density at radius 1 is 0.433 bits per heavy atom.